The Bertz CT molecular complexity index is 1690. The first-order valence-corrected chi connectivity index (χ1v) is 12.5. The van der Waals surface area contributed by atoms with Gasteiger partial charge in [-0.25, -0.2) is 4.39 Å². The fourth-order valence-electron chi connectivity index (χ4n) is 6.06. The molecular formula is C32H25FN2O. The molecule has 1 aliphatic carbocycles. The van der Waals surface area contributed by atoms with Gasteiger partial charge in [-0.1, -0.05) is 60.7 Å². The Kier molecular flexibility index (Phi) is 4.81. The van der Waals surface area contributed by atoms with Gasteiger partial charge in [0.05, 0.1) is 6.04 Å². The average molecular weight is 473 g/mol. The molecule has 0 spiro atoms. The van der Waals surface area contributed by atoms with Crippen molar-refractivity contribution in [3.05, 3.63) is 119 Å². The number of halogens is 1. The number of Topliss-reactive ketones (excluding diaryl/α,β-unsaturated/α-hetero) is 1. The van der Waals surface area contributed by atoms with Gasteiger partial charge in [-0.3, -0.25) is 4.79 Å². The molecule has 1 aromatic heterocycles. The monoisotopic (exact) mass is 472 g/mol. The van der Waals surface area contributed by atoms with Crippen LogP contribution in [0.15, 0.2) is 96.7 Å². The van der Waals surface area contributed by atoms with Gasteiger partial charge in [0.2, 0.25) is 0 Å². The van der Waals surface area contributed by atoms with Gasteiger partial charge in [0.25, 0.3) is 0 Å². The number of fused-ring (bicyclic) bond motifs is 5. The third-order valence-corrected chi connectivity index (χ3v) is 7.67. The minimum absolute atomic E-state index is 0.208. The van der Waals surface area contributed by atoms with Crippen LogP contribution in [0.4, 0.5) is 10.1 Å². The van der Waals surface area contributed by atoms with E-state index in [9.17, 15) is 9.18 Å². The van der Waals surface area contributed by atoms with Crippen LogP contribution in [-0.4, -0.2) is 10.4 Å². The molecule has 0 saturated heterocycles. The number of carbonyl (C=O) groups is 1. The second-order valence-electron chi connectivity index (χ2n) is 9.81. The van der Waals surface area contributed by atoms with Crippen LogP contribution in [0.1, 0.15) is 42.0 Å². The summed E-state index contributed by atoms with van der Waals surface area (Å²) in [6.45, 7) is 0.634. The third-order valence-electron chi connectivity index (χ3n) is 7.67. The van der Waals surface area contributed by atoms with Crippen LogP contribution in [0.3, 0.4) is 0 Å². The fourth-order valence-corrected chi connectivity index (χ4v) is 6.06. The number of rotatable bonds is 3. The normalized spacial score (nSPS) is 17.2. The van der Waals surface area contributed by atoms with Gasteiger partial charge in [0.15, 0.2) is 5.78 Å². The van der Waals surface area contributed by atoms with Crippen molar-refractivity contribution in [2.75, 3.05) is 5.32 Å². The van der Waals surface area contributed by atoms with Crippen LogP contribution in [0.2, 0.25) is 0 Å². The van der Waals surface area contributed by atoms with Crippen LogP contribution >= 0.6 is 0 Å². The lowest BCUT2D eigenvalue weighted by Gasteiger charge is -2.35. The molecule has 0 unspecified atom stereocenters. The second-order valence-corrected chi connectivity index (χ2v) is 9.81. The number of aromatic nitrogens is 1. The maximum atomic E-state index is 13.5. The highest BCUT2D eigenvalue weighted by Gasteiger charge is 2.36. The Hall–Kier alpha value is -4.18. The number of carbonyl (C=O) groups excluding carboxylic acids is 1. The number of anilines is 1. The Balaban J connectivity index is 1.42. The first-order chi connectivity index (χ1) is 17.7. The van der Waals surface area contributed by atoms with Crippen molar-refractivity contribution in [1.82, 2.24) is 4.57 Å². The number of nitrogens with zero attached hydrogens (tertiary/aromatic N) is 1. The molecule has 5 aromatic rings. The summed E-state index contributed by atoms with van der Waals surface area (Å²) < 4.78 is 15.7. The molecule has 1 aliphatic heterocycles. The first-order valence-electron chi connectivity index (χ1n) is 12.5. The largest absolute Gasteiger partial charge is 0.373 e. The summed E-state index contributed by atoms with van der Waals surface area (Å²) in [6.07, 6.45) is 4.56. The Morgan fingerprint density at radius 2 is 1.64 bits per heavy atom. The van der Waals surface area contributed by atoms with E-state index in [1.165, 1.54) is 34.0 Å². The average Bonchev–Trinajstić information content (AvgIpc) is 3.27. The topological polar surface area (TPSA) is 34.0 Å². The van der Waals surface area contributed by atoms with Crippen LogP contribution < -0.4 is 5.32 Å². The van der Waals surface area contributed by atoms with Gasteiger partial charge < -0.3 is 9.88 Å². The summed E-state index contributed by atoms with van der Waals surface area (Å²) in [5.41, 5.74) is 7.62. The smallest absolute Gasteiger partial charge is 0.161 e. The standard InChI is InChI=1S/C32H25FN2O/c33-22-15-12-20(13-16-22)18-35-19-26(24-8-3-4-10-28(24)35)32-31-25(9-5-11-29(31)36)30-23-7-2-1-6-21(23)14-17-27(30)34-32/h1-4,6-8,10,12-17,19,32,34H,5,9,11,18H2/t32-/m1/s1. The zero-order valence-electron chi connectivity index (χ0n) is 19.8. The van der Waals surface area contributed by atoms with E-state index in [1.54, 1.807) is 0 Å². The van der Waals surface area contributed by atoms with Crippen LogP contribution in [-0.2, 0) is 11.3 Å². The molecule has 0 fully saturated rings. The predicted octanol–water partition coefficient (Wildman–Crippen LogP) is 7.66. The minimum atomic E-state index is -0.232. The highest BCUT2D eigenvalue weighted by Crippen LogP contribution is 2.49. The molecule has 7 rings (SSSR count). The van der Waals surface area contributed by atoms with E-state index >= 15 is 0 Å². The summed E-state index contributed by atoms with van der Waals surface area (Å²) in [5, 5.41) is 7.29. The van der Waals surface area contributed by atoms with Crippen LogP contribution in [0, 0.1) is 5.82 Å². The van der Waals surface area contributed by atoms with E-state index in [4.69, 9.17) is 0 Å². The number of hydrogen-bond acceptors (Lipinski definition) is 2. The lowest BCUT2D eigenvalue weighted by molar-refractivity contribution is -0.116. The Morgan fingerprint density at radius 1 is 0.861 bits per heavy atom. The molecule has 2 aliphatic rings. The van der Waals surface area contributed by atoms with E-state index < -0.39 is 0 Å². The second kappa shape index (κ2) is 8.20. The maximum absolute atomic E-state index is 13.5. The van der Waals surface area contributed by atoms with Crippen LogP contribution in [0.25, 0.3) is 27.2 Å². The molecule has 36 heavy (non-hydrogen) atoms. The van der Waals surface area contributed by atoms with Crippen molar-refractivity contribution in [3.8, 4) is 0 Å². The molecule has 176 valence electrons. The first kappa shape index (κ1) is 21.1. The van der Waals surface area contributed by atoms with Crippen molar-refractivity contribution in [3.63, 3.8) is 0 Å². The zero-order chi connectivity index (χ0) is 24.2. The van der Waals surface area contributed by atoms with E-state index in [1.807, 2.05) is 18.2 Å². The molecule has 0 bridgehead atoms. The number of benzene rings is 4. The number of allylic oxidation sites excluding steroid dienone is 1. The molecule has 4 heteroatoms. The van der Waals surface area contributed by atoms with Gasteiger partial charge >= 0.3 is 0 Å². The minimum Gasteiger partial charge on any atom is -0.373 e. The number of ketones is 1. The molecule has 4 aromatic carbocycles. The summed E-state index contributed by atoms with van der Waals surface area (Å²) in [4.78, 5) is 13.5. The van der Waals surface area contributed by atoms with Gasteiger partial charge in [0, 0.05) is 52.5 Å². The quantitative estimate of drug-likeness (QED) is 0.293. The van der Waals surface area contributed by atoms with Gasteiger partial charge in [-0.05, 0) is 59.0 Å². The summed E-state index contributed by atoms with van der Waals surface area (Å²) in [7, 11) is 0. The zero-order valence-corrected chi connectivity index (χ0v) is 19.8. The molecule has 2 heterocycles. The molecule has 0 radical (unpaired) electrons. The number of para-hydroxylation sites is 1. The molecular weight excluding hydrogens is 447 g/mol. The molecule has 0 amide bonds. The Morgan fingerprint density at radius 3 is 2.50 bits per heavy atom. The van der Waals surface area contributed by atoms with E-state index in [0.29, 0.717) is 13.0 Å². The number of nitrogens with one attached hydrogen (secondary N) is 1. The van der Waals surface area contributed by atoms with Crippen LogP contribution in [0.5, 0.6) is 0 Å². The van der Waals surface area contributed by atoms with Crippen molar-refractivity contribution in [2.45, 2.75) is 31.8 Å². The van der Waals surface area contributed by atoms with Crippen molar-refractivity contribution >= 4 is 38.7 Å². The van der Waals surface area contributed by atoms with E-state index in [0.717, 1.165) is 46.1 Å². The van der Waals surface area contributed by atoms with Gasteiger partial charge in [0.1, 0.15) is 5.82 Å². The Labute approximate surface area is 208 Å². The SMILES string of the molecule is O=C1CCCC2=C1[C@@H](c1cn(Cc3ccc(F)cc3)c3ccccc13)Nc1ccc3ccccc3c12. The fraction of sp³-hybridized carbons (Fsp3) is 0.156. The highest BCUT2D eigenvalue weighted by molar-refractivity contribution is 6.13. The predicted molar refractivity (Wildman–Crippen MR) is 144 cm³/mol. The molecule has 1 atom stereocenters. The number of hydrogen-bond donors (Lipinski definition) is 1. The van der Waals surface area contributed by atoms with Crippen molar-refractivity contribution < 1.29 is 9.18 Å². The summed E-state index contributed by atoms with van der Waals surface area (Å²) in [5.74, 6) is 0.00683. The summed E-state index contributed by atoms with van der Waals surface area (Å²) in [6, 6.07) is 27.5. The highest BCUT2D eigenvalue weighted by atomic mass is 19.1. The van der Waals surface area contributed by atoms with Gasteiger partial charge in [-0.15, -0.1) is 0 Å². The van der Waals surface area contributed by atoms with Crippen molar-refractivity contribution in [1.29, 1.82) is 0 Å². The maximum Gasteiger partial charge on any atom is 0.161 e. The van der Waals surface area contributed by atoms with Crippen molar-refractivity contribution in [2.24, 2.45) is 0 Å². The molecule has 3 nitrogen and oxygen atoms in total. The van der Waals surface area contributed by atoms with E-state index in [-0.39, 0.29) is 17.6 Å². The lowest BCUT2D eigenvalue weighted by atomic mass is 9.77. The third kappa shape index (κ3) is 3.29. The lowest BCUT2D eigenvalue weighted by Crippen LogP contribution is -2.27. The van der Waals surface area contributed by atoms with Gasteiger partial charge in [-0.2, -0.15) is 0 Å². The molecule has 0 saturated carbocycles. The van der Waals surface area contributed by atoms with E-state index in [2.05, 4.69) is 70.7 Å². The molecule has 1 N–H and O–H groups in total. The summed E-state index contributed by atoms with van der Waals surface area (Å²) >= 11 is 0.